The number of fused-ring (bicyclic) bond motifs is 2. The van der Waals surface area contributed by atoms with E-state index >= 15 is 0 Å². The van der Waals surface area contributed by atoms with Crippen LogP contribution >= 0.6 is 0 Å². The van der Waals surface area contributed by atoms with Crippen LogP contribution in [0.4, 0.5) is 0 Å². The van der Waals surface area contributed by atoms with Gasteiger partial charge in [-0.2, -0.15) is 4.98 Å². The van der Waals surface area contributed by atoms with Gasteiger partial charge in [0.15, 0.2) is 11.6 Å². The van der Waals surface area contributed by atoms with Gasteiger partial charge in [-0.15, -0.1) is 5.10 Å². The molecule has 3 aromatic heterocycles. The molecule has 0 N–H and O–H groups in total. The van der Waals surface area contributed by atoms with Crippen LogP contribution in [0.2, 0.25) is 0 Å². The van der Waals surface area contributed by atoms with Gasteiger partial charge >= 0.3 is 0 Å². The summed E-state index contributed by atoms with van der Waals surface area (Å²) in [5.74, 6) is 1.56. The maximum Gasteiger partial charge on any atom is 0.252 e. The highest BCUT2D eigenvalue weighted by molar-refractivity contribution is 5.98. The summed E-state index contributed by atoms with van der Waals surface area (Å²) in [6, 6.07) is 3.74. The van der Waals surface area contributed by atoms with Crippen molar-refractivity contribution in [3.63, 3.8) is 0 Å². The van der Waals surface area contributed by atoms with Crippen molar-refractivity contribution in [3.8, 4) is 11.4 Å². The Balaban J connectivity index is 1.88. The van der Waals surface area contributed by atoms with Gasteiger partial charge in [0.05, 0.1) is 11.3 Å². The average molecular weight is 279 g/mol. The van der Waals surface area contributed by atoms with E-state index in [-0.39, 0.29) is 5.78 Å². The third-order valence-electron chi connectivity index (χ3n) is 3.71. The second-order valence-corrected chi connectivity index (χ2v) is 5.46. The van der Waals surface area contributed by atoms with E-state index in [0.717, 1.165) is 17.7 Å². The van der Waals surface area contributed by atoms with Crippen LogP contribution < -0.4 is 0 Å². The van der Waals surface area contributed by atoms with Crippen LogP contribution in [-0.4, -0.2) is 30.3 Å². The first-order valence-electron chi connectivity index (χ1n) is 6.90. The lowest BCUT2D eigenvalue weighted by Crippen LogP contribution is -2.20. The van der Waals surface area contributed by atoms with Gasteiger partial charge < -0.3 is 0 Å². The highest BCUT2D eigenvalue weighted by atomic mass is 16.1. The number of hydrogen-bond acceptors (Lipinski definition) is 5. The summed E-state index contributed by atoms with van der Waals surface area (Å²) in [4.78, 5) is 25.1. The lowest BCUT2D eigenvalue weighted by atomic mass is 9.88. The summed E-state index contributed by atoms with van der Waals surface area (Å²) in [7, 11) is 0. The standard InChI is InChI=1S/C15H13N5O/c1-9-5-12-11(13(21)6-9)8-20-15(17-12)18-14(19-20)10-3-2-4-16-7-10/h2-4,7-9H,5-6H2,1H3. The maximum absolute atomic E-state index is 12.1. The molecule has 1 unspecified atom stereocenters. The molecule has 0 aromatic carbocycles. The Labute approximate surface area is 120 Å². The van der Waals surface area contributed by atoms with E-state index in [2.05, 4.69) is 27.0 Å². The Morgan fingerprint density at radius 1 is 1.29 bits per heavy atom. The largest absolute Gasteiger partial charge is 0.294 e. The van der Waals surface area contributed by atoms with Crippen molar-refractivity contribution in [1.29, 1.82) is 0 Å². The predicted octanol–water partition coefficient (Wildman–Crippen LogP) is 1.95. The molecule has 0 saturated heterocycles. The minimum Gasteiger partial charge on any atom is -0.294 e. The summed E-state index contributed by atoms with van der Waals surface area (Å²) < 4.78 is 1.58. The number of aromatic nitrogens is 5. The Hall–Kier alpha value is -2.63. The first kappa shape index (κ1) is 12.1. The van der Waals surface area contributed by atoms with E-state index in [1.165, 1.54) is 0 Å². The number of Topliss-reactive ketones (excluding diaryl/α,β-unsaturated/α-hetero) is 1. The summed E-state index contributed by atoms with van der Waals surface area (Å²) in [5, 5.41) is 4.40. The van der Waals surface area contributed by atoms with Crippen LogP contribution in [0.25, 0.3) is 17.2 Å². The molecule has 0 radical (unpaired) electrons. The molecular formula is C15H13N5O. The third kappa shape index (κ3) is 1.99. The second kappa shape index (κ2) is 4.44. The van der Waals surface area contributed by atoms with E-state index in [1.807, 2.05) is 12.1 Å². The maximum atomic E-state index is 12.1. The molecule has 3 heterocycles. The minimum atomic E-state index is 0.136. The number of hydrogen-bond donors (Lipinski definition) is 0. The molecule has 0 fully saturated rings. The molecule has 3 aromatic rings. The molecule has 4 rings (SSSR count). The molecule has 21 heavy (non-hydrogen) atoms. The number of pyridine rings is 1. The monoisotopic (exact) mass is 279 g/mol. The SMILES string of the molecule is CC1CC(=O)c2cn3nc(-c4cccnc4)nc3nc2C1. The van der Waals surface area contributed by atoms with Crippen LogP contribution in [0.1, 0.15) is 29.4 Å². The fraction of sp³-hybridized carbons (Fsp3) is 0.267. The van der Waals surface area contributed by atoms with Crippen LogP contribution in [0.3, 0.4) is 0 Å². The molecular weight excluding hydrogens is 266 g/mol. The summed E-state index contributed by atoms with van der Waals surface area (Å²) in [6.45, 7) is 2.07. The molecule has 0 amide bonds. The Morgan fingerprint density at radius 3 is 3.00 bits per heavy atom. The molecule has 1 aliphatic rings. The smallest absolute Gasteiger partial charge is 0.252 e. The zero-order valence-corrected chi connectivity index (χ0v) is 11.5. The lowest BCUT2D eigenvalue weighted by Gasteiger charge is -2.18. The molecule has 0 saturated carbocycles. The van der Waals surface area contributed by atoms with Crippen LogP contribution in [0.15, 0.2) is 30.7 Å². The van der Waals surface area contributed by atoms with Gasteiger partial charge in [-0.25, -0.2) is 9.50 Å². The number of carbonyl (C=O) groups is 1. The zero-order chi connectivity index (χ0) is 14.4. The van der Waals surface area contributed by atoms with Gasteiger partial charge in [0.25, 0.3) is 5.78 Å². The normalized spacial score (nSPS) is 18.0. The van der Waals surface area contributed by atoms with Crippen molar-refractivity contribution in [1.82, 2.24) is 24.6 Å². The molecule has 104 valence electrons. The summed E-state index contributed by atoms with van der Waals surface area (Å²) in [5.41, 5.74) is 2.33. The average Bonchev–Trinajstić information content (AvgIpc) is 2.89. The Bertz CT molecular complexity index is 840. The van der Waals surface area contributed by atoms with E-state index in [9.17, 15) is 4.79 Å². The van der Waals surface area contributed by atoms with E-state index in [1.54, 1.807) is 23.1 Å². The zero-order valence-electron chi connectivity index (χ0n) is 11.5. The van der Waals surface area contributed by atoms with Crippen LogP contribution in [0, 0.1) is 5.92 Å². The molecule has 0 spiro atoms. The van der Waals surface area contributed by atoms with Crippen molar-refractivity contribution in [2.75, 3.05) is 0 Å². The topological polar surface area (TPSA) is 73.0 Å². The first-order valence-corrected chi connectivity index (χ1v) is 6.90. The van der Waals surface area contributed by atoms with Gasteiger partial charge in [-0.1, -0.05) is 6.92 Å². The molecule has 6 nitrogen and oxygen atoms in total. The van der Waals surface area contributed by atoms with Crippen LogP contribution in [0.5, 0.6) is 0 Å². The lowest BCUT2D eigenvalue weighted by molar-refractivity contribution is 0.0951. The minimum absolute atomic E-state index is 0.136. The van der Waals surface area contributed by atoms with E-state index in [0.29, 0.717) is 29.5 Å². The van der Waals surface area contributed by atoms with E-state index < -0.39 is 0 Å². The van der Waals surface area contributed by atoms with Gasteiger partial charge in [-0.05, 0) is 24.5 Å². The second-order valence-electron chi connectivity index (χ2n) is 5.46. The van der Waals surface area contributed by atoms with Gasteiger partial charge in [0.1, 0.15) is 0 Å². The molecule has 6 heteroatoms. The molecule has 0 bridgehead atoms. The number of nitrogens with zero attached hydrogens (tertiary/aromatic N) is 5. The summed E-state index contributed by atoms with van der Waals surface area (Å²) >= 11 is 0. The molecule has 0 aliphatic heterocycles. The van der Waals surface area contributed by atoms with E-state index in [4.69, 9.17) is 0 Å². The van der Waals surface area contributed by atoms with Gasteiger partial charge in [0, 0.05) is 30.6 Å². The highest BCUT2D eigenvalue weighted by Crippen LogP contribution is 2.24. The molecule has 1 atom stereocenters. The fourth-order valence-corrected chi connectivity index (χ4v) is 2.69. The Morgan fingerprint density at radius 2 is 2.19 bits per heavy atom. The first-order chi connectivity index (χ1) is 10.2. The number of rotatable bonds is 1. The van der Waals surface area contributed by atoms with Gasteiger partial charge in [-0.3, -0.25) is 9.78 Å². The van der Waals surface area contributed by atoms with Crippen molar-refractivity contribution < 1.29 is 4.79 Å². The number of carbonyl (C=O) groups excluding carboxylic acids is 1. The van der Waals surface area contributed by atoms with Gasteiger partial charge in [0.2, 0.25) is 0 Å². The predicted molar refractivity (Wildman–Crippen MR) is 75.8 cm³/mol. The third-order valence-corrected chi connectivity index (χ3v) is 3.71. The quantitative estimate of drug-likeness (QED) is 0.680. The van der Waals surface area contributed by atoms with Crippen molar-refractivity contribution in [2.24, 2.45) is 5.92 Å². The summed E-state index contributed by atoms with van der Waals surface area (Å²) in [6.07, 6.45) is 6.55. The van der Waals surface area contributed by atoms with Crippen molar-refractivity contribution in [2.45, 2.75) is 19.8 Å². The van der Waals surface area contributed by atoms with Crippen molar-refractivity contribution >= 4 is 11.6 Å². The number of ketones is 1. The highest BCUT2D eigenvalue weighted by Gasteiger charge is 2.25. The van der Waals surface area contributed by atoms with Crippen LogP contribution in [-0.2, 0) is 6.42 Å². The Kier molecular flexibility index (Phi) is 2.57. The molecule has 1 aliphatic carbocycles. The van der Waals surface area contributed by atoms with Crippen molar-refractivity contribution in [3.05, 3.63) is 42.0 Å². The fourth-order valence-electron chi connectivity index (χ4n) is 2.69.